The SMILES string of the molecule is CC(C)(C)OC(=O)N1CCNCCS1(=O)=O. The molecule has 1 heterocycles. The van der Waals surface area contributed by atoms with Gasteiger partial charge in [0.2, 0.25) is 10.0 Å². The monoisotopic (exact) mass is 250 g/mol. The van der Waals surface area contributed by atoms with Crippen molar-refractivity contribution in [3.8, 4) is 0 Å². The summed E-state index contributed by atoms with van der Waals surface area (Å²) >= 11 is 0. The first-order valence-corrected chi connectivity index (χ1v) is 6.77. The smallest absolute Gasteiger partial charge is 0.424 e. The molecular formula is C9H18N2O4S. The second-order valence-electron chi connectivity index (χ2n) is 4.62. The summed E-state index contributed by atoms with van der Waals surface area (Å²) in [5.41, 5.74) is -0.688. The van der Waals surface area contributed by atoms with E-state index in [0.29, 0.717) is 13.1 Å². The van der Waals surface area contributed by atoms with Crippen LogP contribution >= 0.6 is 0 Å². The second kappa shape index (κ2) is 4.58. The molecule has 0 aliphatic carbocycles. The molecule has 1 aliphatic heterocycles. The summed E-state index contributed by atoms with van der Waals surface area (Å²) in [6.45, 7) is 6.05. The Kier molecular flexibility index (Phi) is 3.80. The van der Waals surface area contributed by atoms with E-state index < -0.39 is 21.7 Å². The number of ether oxygens (including phenoxy) is 1. The van der Waals surface area contributed by atoms with Gasteiger partial charge >= 0.3 is 6.09 Å². The first kappa shape index (κ1) is 13.2. The Labute approximate surface area is 96.0 Å². The highest BCUT2D eigenvalue weighted by Gasteiger charge is 2.32. The molecule has 16 heavy (non-hydrogen) atoms. The number of carbonyl (C=O) groups is 1. The number of nitrogens with zero attached hydrogens (tertiary/aromatic N) is 1. The highest BCUT2D eigenvalue weighted by atomic mass is 32.2. The first-order valence-electron chi connectivity index (χ1n) is 5.16. The van der Waals surface area contributed by atoms with Crippen molar-refractivity contribution >= 4 is 16.1 Å². The molecule has 1 rings (SSSR count). The Hall–Kier alpha value is -0.820. The molecule has 0 aromatic carbocycles. The van der Waals surface area contributed by atoms with Gasteiger partial charge < -0.3 is 10.1 Å². The Morgan fingerprint density at radius 1 is 1.31 bits per heavy atom. The average molecular weight is 250 g/mol. The van der Waals surface area contributed by atoms with Gasteiger partial charge in [0.15, 0.2) is 0 Å². The third-order valence-electron chi connectivity index (χ3n) is 1.96. The van der Waals surface area contributed by atoms with E-state index in [4.69, 9.17) is 4.74 Å². The molecule has 0 spiro atoms. The van der Waals surface area contributed by atoms with Crippen LogP contribution in [0.15, 0.2) is 0 Å². The predicted octanol–water partition coefficient (Wildman–Crippen LogP) is 0.157. The predicted molar refractivity (Wildman–Crippen MR) is 59.6 cm³/mol. The molecule has 0 radical (unpaired) electrons. The van der Waals surface area contributed by atoms with Crippen LogP contribution in [-0.4, -0.2) is 49.8 Å². The molecule has 1 aliphatic rings. The van der Waals surface area contributed by atoms with Crippen LogP contribution in [0.4, 0.5) is 4.79 Å². The van der Waals surface area contributed by atoms with E-state index in [2.05, 4.69) is 5.32 Å². The van der Waals surface area contributed by atoms with Crippen LogP contribution < -0.4 is 5.32 Å². The molecule has 94 valence electrons. The van der Waals surface area contributed by atoms with E-state index >= 15 is 0 Å². The zero-order chi connectivity index (χ0) is 12.4. The topological polar surface area (TPSA) is 75.7 Å². The van der Waals surface area contributed by atoms with Crippen molar-refractivity contribution in [3.05, 3.63) is 0 Å². The Bertz CT molecular complexity index is 358. The van der Waals surface area contributed by atoms with E-state index in [1.807, 2.05) is 0 Å². The second-order valence-corrected chi connectivity index (χ2v) is 6.63. The molecule has 1 amide bonds. The van der Waals surface area contributed by atoms with E-state index in [9.17, 15) is 13.2 Å². The van der Waals surface area contributed by atoms with Crippen LogP contribution in [0.1, 0.15) is 20.8 Å². The van der Waals surface area contributed by atoms with Crippen LogP contribution in [0.2, 0.25) is 0 Å². The molecule has 0 bridgehead atoms. The van der Waals surface area contributed by atoms with Gasteiger partial charge in [-0.05, 0) is 20.8 Å². The van der Waals surface area contributed by atoms with Crippen LogP contribution in [0, 0.1) is 0 Å². The molecule has 0 unspecified atom stereocenters. The number of nitrogens with one attached hydrogen (secondary N) is 1. The quantitative estimate of drug-likeness (QED) is 0.662. The van der Waals surface area contributed by atoms with Gasteiger partial charge in [0.25, 0.3) is 0 Å². The van der Waals surface area contributed by atoms with Crippen molar-refractivity contribution < 1.29 is 17.9 Å². The summed E-state index contributed by atoms with van der Waals surface area (Å²) < 4.78 is 29.3. The lowest BCUT2D eigenvalue weighted by molar-refractivity contribution is 0.0395. The molecule has 0 aromatic rings. The van der Waals surface area contributed by atoms with Crippen LogP contribution in [0.25, 0.3) is 0 Å². The Balaban J connectivity index is 2.80. The van der Waals surface area contributed by atoms with Crippen LogP contribution in [0.5, 0.6) is 0 Å². The van der Waals surface area contributed by atoms with Crippen molar-refractivity contribution in [1.82, 2.24) is 9.62 Å². The molecule has 6 nitrogen and oxygen atoms in total. The maximum atomic E-state index is 11.7. The maximum absolute atomic E-state index is 11.7. The number of rotatable bonds is 0. The minimum Gasteiger partial charge on any atom is -0.443 e. The van der Waals surface area contributed by atoms with Gasteiger partial charge in [-0.25, -0.2) is 17.5 Å². The van der Waals surface area contributed by atoms with Gasteiger partial charge in [-0.2, -0.15) is 0 Å². The zero-order valence-corrected chi connectivity index (χ0v) is 10.6. The van der Waals surface area contributed by atoms with E-state index in [0.717, 1.165) is 4.31 Å². The van der Waals surface area contributed by atoms with Crippen molar-refractivity contribution in [2.24, 2.45) is 0 Å². The molecule has 1 saturated heterocycles. The fourth-order valence-corrected chi connectivity index (χ4v) is 2.53. The summed E-state index contributed by atoms with van der Waals surface area (Å²) in [6, 6.07) is 0. The lowest BCUT2D eigenvalue weighted by atomic mass is 10.2. The fourth-order valence-electron chi connectivity index (χ4n) is 1.27. The van der Waals surface area contributed by atoms with Crippen molar-refractivity contribution in [3.63, 3.8) is 0 Å². The molecule has 0 saturated carbocycles. The third kappa shape index (κ3) is 3.64. The average Bonchev–Trinajstić information content (AvgIpc) is 2.22. The van der Waals surface area contributed by atoms with Crippen molar-refractivity contribution in [2.45, 2.75) is 26.4 Å². The zero-order valence-electron chi connectivity index (χ0n) is 9.82. The number of amides is 1. The highest BCUT2D eigenvalue weighted by Crippen LogP contribution is 2.13. The standard InChI is InChI=1S/C9H18N2O4S/c1-9(2,3)15-8(12)11-6-4-10-5-7-16(11,13)14/h10H,4-7H2,1-3H3. The molecule has 0 aromatic heterocycles. The first-order chi connectivity index (χ1) is 7.22. The summed E-state index contributed by atoms with van der Waals surface area (Å²) in [5, 5.41) is 2.92. The Morgan fingerprint density at radius 2 is 1.94 bits per heavy atom. The highest BCUT2D eigenvalue weighted by molar-refractivity contribution is 7.89. The number of sulfonamides is 1. The summed E-state index contributed by atoms with van der Waals surface area (Å²) in [7, 11) is -3.54. The molecule has 1 fully saturated rings. The van der Waals surface area contributed by atoms with E-state index in [-0.39, 0.29) is 12.3 Å². The van der Waals surface area contributed by atoms with E-state index in [1.165, 1.54) is 0 Å². The van der Waals surface area contributed by atoms with Crippen molar-refractivity contribution in [1.29, 1.82) is 0 Å². The van der Waals surface area contributed by atoms with Gasteiger partial charge in [-0.1, -0.05) is 0 Å². The maximum Gasteiger partial charge on any atom is 0.424 e. The van der Waals surface area contributed by atoms with Crippen LogP contribution in [-0.2, 0) is 14.8 Å². The normalized spacial score (nSPS) is 21.3. The molecule has 0 atom stereocenters. The number of carbonyl (C=O) groups excluding carboxylic acids is 1. The van der Waals surface area contributed by atoms with Crippen LogP contribution in [0.3, 0.4) is 0 Å². The minimum absolute atomic E-state index is 0.0771. The van der Waals surface area contributed by atoms with Gasteiger partial charge in [0.05, 0.1) is 12.3 Å². The van der Waals surface area contributed by atoms with Crippen molar-refractivity contribution in [2.75, 3.05) is 25.4 Å². The van der Waals surface area contributed by atoms with Gasteiger partial charge in [0.1, 0.15) is 5.60 Å². The molecule has 7 heteroatoms. The minimum atomic E-state index is -3.54. The summed E-state index contributed by atoms with van der Waals surface area (Å²) in [5.74, 6) is -0.0771. The summed E-state index contributed by atoms with van der Waals surface area (Å²) in [6.07, 6.45) is -0.795. The van der Waals surface area contributed by atoms with Gasteiger partial charge in [-0.3, -0.25) is 0 Å². The summed E-state index contributed by atoms with van der Waals surface area (Å²) in [4.78, 5) is 11.7. The van der Waals surface area contributed by atoms with Gasteiger partial charge in [0, 0.05) is 13.1 Å². The number of hydrogen-bond donors (Lipinski definition) is 1. The molecule has 1 N–H and O–H groups in total. The largest absolute Gasteiger partial charge is 0.443 e. The lowest BCUT2D eigenvalue weighted by Crippen LogP contribution is -2.42. The third-order valence-corrected chi connectivity index (χ3v) is 3.68. The van der Waals surface area contributed by atoms with E-state index in [1.54, 1.807) is 20.8 Å². The number of hydrogen-bond acceptors (Lipinski definition) is 5. The Morgan fingerprint density at radius 3 is 2.50 bits per heavy atom. The lowest BCUT2D eigenvalue weighted by Gasteiger charge is -2.25. The molecular weight excluding hydrogens is 232 g/mol. The van der Waals surface area contributed by atoms with Gasteiger partial charge in [-0.15, -0.1) is 0 Å². The fraction of sp³-hybridized carbons (Fsp3) is 0.889.